The molecule has 2 aromatic heterocycles. The number of carbonyl (C=O) groups is 3. The first-order valence-corrected chi connectivity index (χ1v) is 17.1. The third-order valence-electron chi connectivity index (χ3n) is 7.56. The van der Waals surface area contributed by atoms with E-state index in [4.69, 9.17) is 44.2 Å². The Bertz CT molecular complexity index is 1770. The fourth-order valence-electron chi connectivity index (χ4n) is 5.46. The lowest BCUT2D eigenvalue weighted by molar-refractivity contribution is -0.149. The Morgan fingerprint density at radius 2 is 1.82 bits per heavy atom. The van der Waals surface area contributed by atoms with E-state index in [9.17, 15) is 18.9 Å². The van der Waals surface area contributed by atoms with E-state index in [1.807, 2.05) is 0 Å². The molecule has 19 heteroatoms. The van der Waals surface area contributed by atoms with Crippen molar-refractivity contribution in [3.8, 4) is 5.75 Å². The largest absolute Gasteiger partial charge is 0.509 e. The zero-order valence-electron chi connectivity index (χ0n) is 27.9. The molecule has 4 heterocycles. The van der Waals surface area contributed by atoms with Crippen molar-refractivity contribution < 1.29 is 51.7 Å². The second-order valence-electron chi connectivity index (χ2n) is 12.3. The maximum Gasteiger partial charge on any atom is 0.509 e. The van der Waals surface area contributed by atoms with Crippen LogP contribution in [0, 0.1) is 0 Å². The van der Waals surface area contributed by atoms with Gasteiger partial charge in [0.2, 0.25) is 5.95 Å². The number of nitrogens with two attached hydrogens (primary N) is 2. The minimum absolute atomic E-state index is 0.0301. The number of esters is 2. The minimum atomic E-state index is -4.45. The van der Waals surface area contributed by atoms with Gasteiger partial charge in [-0.3, -0.25) is 18.7 Å². The number of hydrogen-bond acceptors (Lipinski definition) is 16. The number of imidazole rings is 1. The molecule has 0 amide bonds. The van der Waals surface area contributed by atoms with Crippen LogP contribution in [-0.4, -0.2) is 80.3 Å². The van der Waals surface area contributed by atoms with Gasteiger partial charge in [0.1, 0.15) is 23.4 Å². The minimum Gasteiger partial charge on any atom is -0.463 e. The van der Waals surface area contributed by atoms with E-state index >= 15 is 0 Å². The molecule has 2 aliphatic heterocycles. The monoisotopic (exact) mass is 705 g/mol. The quantitative estimate of drug-likeness (QED) is 0.124. The van der Waals surface area contributed by atoms with Crippen molar-refractivity contribution >= 4 is 48.8 Å². The van der Waals surface area contributed by atoms with Gasteiger partial charge in [0, 0.05) is 6.42 Å². The van der Waals surface area contributed by atoms with E-state index in [1.54, 1.807) is 58.9 Å². The molecule has 2 fully saturated rings. The number of fused-ring (bicyclic) bond motifs is 2. The topological polar surface area (TPSA) is 241 Å². The van der Waals surface area contributed by atoms with Crippen LogP contribution in [0.2, 0.25) is 0 Å². The molecule has 266 valence electrons. The van der Waals surface area contributed by atoms with Gasteiger partial charge in [-0.25, -0.2) is 14.3 Å². The summed E-state index contributed by atoms with van der Waals surface area (Å²) in [5.41, 5.74) is 11.4. The second-order valence-corrected chi connectivity index (χ2v) is 14.0. The fraction of sp³-hybridized carbons (Fsp3) is 0.533. The van der Waals surface area contributed by atoms with Gasteiger partial charge in [-0.2, -0.15) is 15.1 Å². The lowest BCUT2D eigenvalue weighted by atomic mass is 9.96. The molecule has 49 heavy (non-hydrogen) atoms. The van der Waals surface area contributed by atoms with Crippen LogP contribution in [0.15, 0.2) is 30.6 Å². The number of benzene rings is 1. The van der Waals surface area contributed by atoms with Crippen molar-refractivity contribution in [3.63, 3.8) is 0 Å². The number of ether oxygens (including phenoxy) is 5. The van der Waals surface area contributed by atoms with Gasteiger partial charge in [0.05, 0.1) is 25.1 Å². The van der Waals surface area contributed by atoms with Crippen molar-refractivity contribution in [3.05, 3.63) is 36.2 Å². The molecule has 6 atom stereocenters. The van der Waals surface area contributed by atoms with Crippen LogP contribution in [0.1, 0.15) is 59.8 Å². The third-order valence-corrected chi connectivity index (χ3v) is 9.19. The molecule has 5 N–H and O–H groups in total. The second kappa shape index (κ2) is 14.2. The number of nitrogens with zero attached hydrogens (tertiary/aromatic N) is 4. The molecule has 2 aliphatic rings. The Kier molecular flexibility index (Phi) is 10.3. The van der Waals surface area contributed by atoms with Crippen LogP contribution in [0.25, 0.3) is 11.2 Å². The van der Waals surface area contributed by atoms with Gasteiger partial charge in [-0.1, -0.05) is 18.2 Å². The molecule has 2 unspecified atom stereocenters. The SMILES string of the molecule is CC(C)OC(=O)CCc1ccccc1OP(=O)(NC(C)C(=O)OC(C)C)OC[C@H]1O[C@@H](n2cnc3c(N)nc(N)nc32)[C@]2(C)OC(=O)O[C@H]12. The Balaban J connectivity index is 1.41. The van der Waals surface area contributed by atoms with Crippen LogP contribution in [0.3, 0.4) is 0 Å². The van der Waals surface area contributed by atoms with Crippen LogP contribution in [-0.2, 0) is 48.8 Å². The molecule has 2 saturated heterocycles. The Morgan fingerprint density at radius 3 is 2.53 bits per heavy atom. The maximum atomic E-state index is 14.5. The van der Waals surface area contributed by atoms with Crippen molar-refractivity contribution in [2.24, 2.45) is 0 Å². The first-order valence-electron chi connectivity index (χ1n) is 15.6. The van der Waals surface area contributed by atoms with Gasteiger partial charge in [-0.15, -0.1) is 0 Å². The summed E-state index contributed by atoms with van der Waals surface area (Å²) < 4.78 is 55.7. The predicted molar refractivity (Wildman–Crippen MR) is 172 cm³/mol. The molecule has 0 spiro atoms. The summed E-state index contributed by atoms with van der Waals surface area (Å²) in [7, 11) is -4.45. The Morgan fingerprint density at radius 1 is 1.10 bits per heavy atom. The normalized spacial score (nSPS) is 23.5. The molecule has 18 nitrogen and oxygen atoms in total. The van der Waals surface area contributed by atoms with Gasteiger partial charge >= 0.3 is 25.8 Å². The lowest BCUT2D eigenvalue weighted by Crippen LogP contribution is -2.42. The van der Waals surface area contributed by atoms with Crippen LogP contribution < -0.4 is 21.1 Å². The summed E-state index contributed by atoms with van der Waals surface area (Å²) in [5.74, 6) is -1.07. The van der Waals surface area contributed by atoms with E-state index in [0.29, 0.717) is 5.56 Å². The van der Waals surface area contributed by atoms with E-state index in [-0.39, 0.29) is 47.6 Å². The molecule has 0 bridgehead atoms. The summed E-state index contributed by atoms with van der Waals surface area (Å²) in [6, 6.07) is 5.47. The molecule has 3 aromatic rings. The smallest absolute Gasteiger partial charge is 0.463 e. The number of hydrogen-bond donors (Lipinski definition) is 3. The predicted octanol–water partition coefficient (Wildman–Crippen LogP) is 3.20. The molecular weight excluding hydrogens is 665 g/mol. The first-order chi connectivity index (χ1) is 23.1. The summed E-state index contributed by atoms with van der Waals surface area (Å²) in [4.78, 5) is 49.8. The average molecular weight is 706 g/mol. The molecule has 0 saturated carbocycles. The van der Waals surface area contributed by atoms with Gasteiger partial charge in [0.15, 0.2) is 29.4 Å². The summed E-state index contributed by atoms with van der Waals surface area (Å²) in [5, 5.41) is 2.63. The highest BCUT2D eigenvalue weighted by molar-refractivity contribution is 7.52. The maximum absolute atomic E-state index is 14.5. The number of nitrogens with one attached hydrogen (secondary N) is 1. The van der Waals surface area contributed by atoms with E-state index in [0.717, 1.165) is 0 Å². The van der Waals surface area contributed by atoms with Gasteiger partial charge < -0.3 is 39.7 Å². The average Bonchev–Trinajstić information content (AvgIpc) is 3.63. The number of aromatic nitrogens is 4. The molecular formula is C30H40N7O11P. The third kappa shape index (κ3) is 7.88. The van der Waals surface area contributed by atoms with E-state index in [2.05, 4.69) is 20.0 Å². The van der Waals surface area contributed by atoms with Crippen molar-refractivity contribution in [2.45, 2.75) is 96.7 Å². The lowest BCUT2D eigenvalue weighted by Gasteiger charge is -2.26. The molecule has 0 aliphatic carbocycles. The summed E-state index contributed by atoms with van der Waals surface area (Å²) in [6.45, 7) is 9.39. The number of rotatable bonds is 14. The summed E-state index contributed by atoms with van der Waals surface area (Å²) >= 11 is 0. The zero-order chi connectivity index (χ0) is 35.7. The van der Waals surface area contributed by atoms with Crippen LogP contribution >= 0.6 is 7.75 Å². The van der Waals surface area contributed by atoms with Crippen molar-refractivity contribution in [2.75, 3.05) is 18.1 Å². The number of carbonyl (C=O) groups excluding carboxylic acids is 3. The van der Waals surface area contributed by atoms with Gasteiger partial charge in [0.25, 0.3) is 0 Å². The van der Waals surface area contributed by atoms with E-state index in [1.165, 1.54) is 17.8 Å². The van der Waals surface area contributed by atoms with Crippen molar-refractivity contribution in [1.29, 1.82) is 0 Å². The molecule has 1 aromatic carbocycles. The molecule has 5 rings (SSSR count). The number of para-hydroxylation sites is 1. The zero-order valence-corrected chi connectivity index (χ0v) is 28.7. The number of nitrogen functional groups attached to an aromatic ring is 2. The first kappa shape index (κ1) is 35.8. The highest BCUT2D eigenvalue weighted by Crippen LogP contribution is 2.51. The fourth-order valence-corrected chi connectivity index (χ4v) is 7.00. The standard InChI is InChI=1S/C30H40N7O11P/c1-15(2)43-21(38)12-11-18-9-7-8-10-19(18)48-49(41,36-17(5)26(39)44-16(3)4)42-13-20-23-30(6,47-29(40)46-23)27(45-20)37-14-33-22-24(31)34-28(32)35-25(22)37/h7-10,14-17,20,23,27H,11-13H2,1-6H3,(H,36,41)(H4,31,32,34,35)/t17?,20-,23-,27-,30-,49?/m1/s1. The number of aryl methyl sites for hydroxylation is 1. The highest BCUT2D eigenvalue weighted by atomic mass is 31.2. The Labute approximate surface area is 281 Å². The van der Waals surface area contributed by atoms with Crippen LogP contribution in [0.5, 0.6) is 5.75 Å². The molecule has 0 radical (unpaired) electrons. The van der Waals surface area contributed by atoms with Crippen molar-refractivity contribution in [1.82, 2.24) is 24.6 Å². The Hall–Kier alpha value is -4.51. The van der Waals surface area contributed by atoms with E-state index < -0.39 is 68.6 Å². The van der Waals surface area contributed by atoms with Gasteiger partial charge in [-0.05, 0) is 59.6 Å². The summed E-state index contributed by atoms with van der Waals surface area (Å²) in [6.07, 6.45) is -3.30. The number of anilines is 2. The highest BCUT2D eigenvalue weighted by Gasteiger charge is 2.64. The van der Waals surface area contributed by atoms with Crippen LogP contribution in [0.4, 0.5) is 16.6 Å².